The van der Waals surface area contributed by atoms with E-state index in [1.54, 1.807) is 18.2 Å². The smallest absolute Gasteiger partial charge is 0.258 e. The summed E-state index contributed by atoms with van der Waals surface area (Å²) in [6.45, 7) is 0. The molecule has 3 N–H and O–H groups in total. The van der Waals surface area contributed by atoms with Crippen LogP contribution in [0.5, 0.6) is 0 Å². The van der Waals surface area contributed by atoms with Crippen molar-refractivity contribution >= 4 is 27.3 Å². The Morgan fingerprint density at radius 2 is 2.05 bits per heavy atom. The maximum atomic E-state index is 11.8. The van der Waals surface area contributed by atoms with Crippen LogP contribution in [0.25, 0.3) is 0 Å². The van der Waals surface area contributed by atoms with E-state index in [1.807, 2.05) is 0 Å². The predicted molar refractivity (Wildman–Crippen MR) is 71.4 cm³/mol. The molecule has 0 atom stereocenters. The average Bonchev–Trinajstić information content (AvgIpc) is 2.80. The molecule has 0 saturated heterocycles. The van der Waals surface area contributed by atoms with Gasteiger partial charge in [-0.15, -0.1) is 0 Å². The lowest BCUT2D eigenvalue weighted by molar-refractivity contribution is 0.102. The fraction of sp³-hybridized carbons (Fsp3) is 0.0909. The van der Waals surface area contributed by atoms with Gasteiger partial charge in [0.05, 0.1) is 23.7 Å². The van der Waals surface area contributed by atoms with Gasteiger partial charge in [-0.1, -0.05) is 6.07 Å². The van der Waals surface area contributed by atoms with Crippen LogP contribution in [0.2, 0.25) is 0 Å². The summed E-state index contributed by atoms with van der Waals surface area (Å²) in [5.74, 6) is -0.328. The molecular weight excluding hydrogens is 268 g/mol. The van der Waals surface area contributed by atoms with Crippen molar-refractivity contribution in [2.24, 2.45) is 0 Å². The summed E-state index contributed by atoms with van der Waals surface area (Å²) in [6, 6.07) is 6.41. The quantitative estimate of drug-likeness (QED) is 0.778. The van der Waals surface area contributed by atoms with Crippen molar-refractivity contribution in [3.8, 4) is 0 Å². The van der Waals surface area contributed by atoms with Crippen LogP contribution in [0.15, 0.2) is 36.7 Å². The van der Waals surface area contributed by atoms with E-state index in [2.05, 4.69) is 20.2 Å². The molecule has 8 heteroatoms. The van der Waals surface area contributed by atoms with E-state index in [-0.39, 0.29) is 5.91 Å². The Labute approximate surface area is 110 Å². The first kappa shape index (κ1) is 13.1. The average molecular weight is 280 g/mol. The van der Waals surface area contributed by atoms with Gasteiger partial charge in [-0.25, -0.2) is 8.42 Å². The zero-order chi connectivity index (χ0) is 13.9. The fourth-order valence-electron chi connectivity index (χ4n) is 1.45. The van der Waals surface area contributed by atoms with Crippen molar-refractivity contribution < 1.29 is 13.2 Å². The molecule has 0 unspecified atom stereocenters. The maximum absolute atomic E-state index is 11.8. The van der Waals surface area contributed by atoms with Crippen LogP contribution in [-0.2, 0) is 10.0 Å². The Hall–Kier alpha value is -2.35. The van der Waals surface area contributed by atoms with Crippen LogP contribution in [0.1, 0.15) is 10.4 Å². The highest BCUT2D eigenvalue weighted by atomic mass is 32.2. The van der Waals surface area contributed by atoms with Crippen LogP contribution in [0, 0.1) is 0 Å². The number of nitrogens with one attached hydrogen (secondary N) is 3. The van der Waals surface area contributed by atoms with Gasteiger partial charge in [0.1, 0.15) is 0 Å². The number of aromatic amines is 1. The molecule has 2 rings (SSSR count). The molecule has 0 aliphatic carbocycles. The highest BCUT2D eigenvalue weighted by Crippen LogP contribution is 2.16. The van der Waals surface area contributed by atoms with Gasteiger partial charge in [-0.05, 0) is 18.2 Å². The van der Waals surface area contributed by atoms with Gasteiger partial charge in [0, 0.05) is 11.9 Å². The number of aromatic nitrogens is 2. The second-order valence-corrected chi connectivity index (χ2v) is 5.64. The first-order valence-corrected chi connectivity index (χ1v) is 7.21. The number of carbonyl (C=O) groups is 1. The van der Waals surface area contributed by atoms with E-state index in [0.29, 0.717) is 16.9 Å². The monoisotopic (exact) mass is 280 g/mol. The van der Waals surface area contributed by atoms with E-state index >= 15 is 0 Å². The van der Waals surface area contributed by atoms with Gasteiger partial charge < -0.3 is 5.32 Å². The van der Waals surface area contributed by atoms with Crippen molar-refractivity contribution in [1.82, 2.24) is 10.2 Å². The van der Waals surface area contributed by atoms with E-state index in [1.165, 1.54) is 18.5 Å². The van der Waals surface area contributed by atoms with E-state index in [4.69, 9.17) is 0 Å². The number of carbonyl (C=O) groups excluding carboxylic acids is 1. The topological polar surface area (TPSA) is 104 Å². The van der Waals surface area contributed by atoms with Gasteiger partial charge in [0.15, 0.2) is 0 Å². The van der Waals surface area contributed by atoms with Crippen molar-refractivity contribution in [1.29, 1.82) is 0 Å². The zero-order valence-electron chi connectivity index (χ0n) is 10.0. The summed E-state index contributed by atoms with van der Waals surface area (Å²) < 4.78 is 24.6. The molecule has 19 heavy (non-hydrogen) atoms. The lowest BCUT2D eigenvalue weighted by atomic mass is 10.2. The van der Waals surface area contributed by atoms with E-state index < -0.39 is 10.0 Å². The molecule has 0 aliphatic heterocycles. The molecule has 0 aliphatic rings. The van der Waals surface area contributed by atoms with Crippen molar-refractivity contribution in [3.05, 3.63) is 42.2 Å². The summed E-state index contributed by atoms with van der Waals surface area (Å²) in [4.78, 5) is 11.8. The maximum Gasteiger partial charge on any atom is 0.258 e. The number of hydrogen-bond acceptors (Lipinski definition) is 4. The van der Waals surface area contributed by atoms with Crippen LogP contribution < -0.4 is 10.0 Å². The highest BCUT2D eigenvalue weighted by Gasteiger charge is 2.08. The standard InChI is InChI=1S/C11H12N4O3S/c1-19(17,18)15-10-4-2-3-9(5-10)14-11(16)8-6-12-13-7-8/h2-7,15H,1H3,(H,12,13)(H,14,16). The van der Waals surface area contributed by atoms with Crippen LogP contribution in [-0.4, -0.2) is 30.8 Å². The minimum atomic E-state index is -3.34. The zero-order valence-corrected chi connectivity index (χ0v) is 10.9. The molecular formula is C11H12N4O3S. The number of benzene rings is 1. The summed E-state index contributed by atoms with van der Waals surface area (Å²) in [5.41, 5.74) is 1.26. The first-order valence-electron chi connectivity index (χ1n) is 5.32. The largest absolute Gasteiger partial charge is 0.322 e. The van der Waals surface area contributed by atoms with E-state index in [9.17, 15) is 13.2 Å². The molecule has 1 aromatic heterocycles. The Morgan fingerprint density at radius 1 is 1.32 bits per heavy atom. The Bertz CT molecular complexity index is 680. The lowest BCUT2D eigenvalue weighted by Gasteiger charge is -2.07. The molecule has 0 saturated carbocycles. The van der Waals surface area contributed by atoms with Gasteiger partial charge in [0.25, 0.3) is 5.91 Å². The van der Waals surface area contributed by atoms with Crippen LogP contribution in [0.4, 0.5) is 11.4 Å². The summed E-state index contributed by atoms with van der Waals surface area (Å²) in [5, 5.41) is 8.85. The van der Waals surface area contributed by atoms with Gasteiger partial charge in [-0.2, -0.15) is 5.10 Å². The third-order valence-electron chi connectivity index (χ3n) is 2.18. The third kappa shape index (κ3) is 3.81. The number of anilines is 2. The number of amides is 1. The van der Waals surface area contributed by atoms with Gasteiger partial charge in [-0.3, -0.25) is 14.6 Å². The second-order valence-electron chi connectivity index (χ2n) is 3.90. The molecule has 7 nitrogen and oxygen atoms in total. The molecule has 1 heterocycles. The van der Waals surface area contributed by atoms with Crippen molar-refractivity contribution in [2.45, 2.75) is 0 Å². The molecule has 1 amide bonds. The molecule has 0 bridgehead atoms. The fourth-order valence-corrected chi connectivity index (χ4v) is 2.01. The molecule has 100 valence electrons. The first-order chi connectivity index (χ1) is 8.94. The highest BCUT2D eigenvalue weighted by molar-refractivity contribution is 7.92. The Morgan fingerprint density at radius 3 is 2.68 bits per heavy atom. The second kappa shape index (κ2) is 5.11. The predicted octanol–water partition coefficient (Wildman–Crippen LogP) is 1.03. The number of H-pyrrole nitrogens is 1. The number of nitrogens with zero attached hydrogens (tertiary/aromatic N) is 1. The number of hydrogen-bond donors (Lipinski definition) is 3. The number of rotatable bonds is 4. The van der Waals surface area contributed by atoms with Gasteiger partial charge in [0.2, 0.25) is 10.0 Å². The van der Waals surface area contributed by atoms with Crippen molar-refractivity contribution in [3.63, 3.8) is 0 Å². The molecule has 1 aromatic carbocycles. The molecule has 0 fully saturated rings. The minimum absolute atomic E-state index is 0.328. The van der Waals surface area contributed by atoms with Crippen LogP contribution in [0.3, 0.4) is 0 Å². The number of sulfonamides is 1. The molecule has 2 aromatic rings. The van der Waals surface area contributed by atoms with Crippen LogP contribution >= 0.6 is 0 Å². The summed E-state index contributed by atoms with van der Waals surface area (Å²) >= 11 is 0. The van der Waals surface area contributed by atoms with E-state index in [0.717, 1.165) is 6.26 Å². The Kier molecular flexibility index (Phi) is 3.52. The normalized spacial score (nSPS) is 11.0. The summed E-state index contributed by atoms with van der Waals surface area (Å²) in [6.07, 6.45) is 3.92. The molecule has 0 radical (unpaired) electrons. The Balaban J connectivity index is 2.13. The van der Waals surface area contributed by atoms with Gasteiger partial charge >= 0.3 is 0 Å². The summed E-state index contributed by atoms with van der Waals surface area (Å²) in [7, 11) is -3.34. The third-order valence-corrected chi connectivity index (χ3v) is 2.79. The lowest BCUT2D eigenvalue weighted by Crippen LogP contribution is -2.12. The van der Waals surface area contributed by atoms with Crippen molar-refractivity contribution in [2.75, 3.05) is 16.3 Å². The SMILES string of the molecule is CS(=O)(=O)Nc1cccc(NC(=O)c2cn[nH]c2)c1. The molecule has 0 spiro atoms. The minimum Gasteiger partial charge on any atom is -0.322 e.